The second-order valence-electron chi connectivity index (χ2n) is 5.23. The topological polar surface area (TPSA) is 25.8 Å². The number of pyridine rings is 2. The highest BCUT2D eigenvalue weighted by Gasteiger charge is 1.82. The van der Waals surface area contributed by atoms with Crippen LogP contribution in [0, 0.1) is 0 Å². The van der Waals surface area contributed by atoms with Crippen LogP contribution in [0.15, 0.2) is 79.3 Å². The number of rotatable bonds is 3. The summed E-state index contributed by atoms with van der Waals surface area (Å²) in [5.74, 6) is 0. The average Bonchev–Trinajstić information content (AvgIpc) is 2.71. The first kappa shape index (κ1) is 25.8. The monoisotopic (exact) mass is 352 g/mol. The van der Waals surface area contributed by atoms with E-state index in [-0.39, 0.29) is 14.9 Å². The number of hydrogen-bond donors (Lipinski definition) is 0. The second-order valence-corrected chi connectivity index (χ2v) is 5.23. The van der Waals surface area contributed by atoms with E-state index >= 15 is 0 Å². The molecule has 2 heteroatoms. The largest absolute Gasteiger partial charge is 0.264 e. The van der Waals surface area contributed by atoms with E-state index in [0.717, 1.165) is 25.0 Å². The number of aryl methyl sites for hydroxylation is 3. The maximum absolute atomic E-state index is 4.10. The summed E-state index contributed by atoms with van der Waals surface area (Å²) in [6, 6.07) is 20.5. The average molecular weight is 353 g/mol. The van der Waals surface area contributed by atoms with E-state index in [1.54, 1.807) is 6.20 Å². The Balaban J connectivity index is 0. The van der Waals surface area contributed by atoms with Crippen LogP contribution < -0.4 is 0 Å². The van der Waals surface area contributed by atoms with Crippen molar-refractivity contribution in [2.45, 2.75) is 54.9 Å². The molecule has 0 bridgehead atoms. The lowest BCUT2D eigenvalue weighted by Gasteiger charge is -1.89. The van der Waals surface area contributed by atoms with Gasteiger partial charge in [-0.25, -0.2) is 0 Å². The molecule has 0 radical (unpaired) electrons. The molecule has 26 heavy (non-hydrogen) atoms. The molecule has 0 aliphatic heterocycles. The van der Waals surface area contributed by atoms with Crippen LogP contribution in [0.2, 0.25) is 0 Å². The molecule has 2 heterocycles. The third kappa shape index (κ3) is 12.0. The van der Waals surface area contributed by atoms with Crippen LogP contribution in [0.4, 0.5) is 0 Å². The van der Waals surface area contributed by atoms with Crippen LogP contribution in [-0.2, 0) is 19.3 Å². The summed E-state index contributed by atoms with van der Waals surface area (Å²) in [6.07, 6.45) is 8.74. The number of nitrogens with zero attached hydrogens (tertiary/aromatic N) is 2. The van der Waals surface area contributed by atoms with Crippen molar-refractivity contribution in [1.82, 2.24) is 9.97 Å². The molecule has 3 aromatic rings. The molecule has 0 saturated carbocycles. The van der Waals surface area contributed by atoms with E-state index in [4.69, 9.17) is 0 Å². The predicted octanol–water partition coefficient (Wildman–Crippen LogP) is 6.81. The molecule has 0 N–H and O–H groups in total. The number of hydrogen-bond acceptors (Lipinski definition) is 2. The van der Waals surface area contributed by atoms with Gasteiger partial charge < -0.3 is 0 Å². The van der Waals surface area contributed by atoms with Crippen LogP contribution >= 0.6 is 0 Å². The highest BCUT2D eigenvalue weighted by Crippen LogP contribution is 1.97. The van der Waals surface area contributed by atoms with Gasteiger partial charge in [0.05, 0.1) is 0 Å². The molecule has 142 valence electrons. The third-order valence-electron chi connectivity index (χ3n) is 3.47. The first-order valence-electron chi connectivity index (χ1n) is 8.62. The molecule has 0 saturated heterocycles. The van der Waals surface area contributed by atoms with Crippen LogP contribution in [0.3, 0.4) is 0 Å². The SMILES string of the molecule is C.C.CCc1ccccc1.CCc1ccccn1.CCc1cccnc1. The molecule has 2 nitrogen and oxygen atoms in total. The van der Waals surface area contributed by atoms with Gasteiger partial charge in [0.2, 0.25) is 0 Å². The Hall–Kier alpha value is -2.48. The number of benzene rings is 1. The van der Waals surface area contributed by atoms with E-state index in [1.807, 2.05) is 42.7 Å². The lowest BCUT2D eigenvalue weighted by molar-refractivity contribution is 1.04. The van der Waals surface area contributed by atoms with Crippen LogP contribution in [-0.4, -0.2) is 9.97 Å². The number of aromatic nitrogens is 2. The Morgan fingerprint density at radius 3 is 1.58 bits per heavy atom. The van der Waals surface area contributed by atoms with Crippen molar-refractivity contribution < 1.29 is 0 Å². The summed E-state index contributed by atoms with van der Waals surface area (Å²) in [7, 11) is 0. The Kier molecular flexibility index (Phi) is 17.2. The molecular formula is C24H36N2. The molecule has 0 fully saturated rings. The fraction of sp³-hybridized carbons (Fsp3) is 0.333. The Morgan fingerprint density at radius 2 is 1.23 bits per heavy atom. The zero-order chi connectivity index (χ0) is 17.5. The summed E-state index contributed by atoms with van der Waals surface area (Å²) in [4.78, 5) is 8.05. The van der Waals surface area contributed by atoms with Crippen molar-refractivity contribution in [2.24, 2.45) is 0 Å². The molecule has 0 atom stereocenters. The normalized spacial score (nSPS) is 8.42. The summed E-state index contributed by atoms with van der Waals surface area (Å²) < 4.78 is 0. The maximum atomic E-state index is 4.10. The minimum Gasteiger partial charge on any atom is -0.264 e. The minimum atomic E-state index is 0. The van der Waals surface area contributed by atoms with Crippen LogP contribution in [0.1, 0.15) is 52.4 Å². The highest BCUT2D eigenvalue weighted by molar-refractivity contribution is 5.13. The van der Waals surface area contributed by atoms with Gasteiger partial charge in [0.15, 0.2) is 0 Å². The van der Waals surface area contributed by atoms with Crippen molar-refractivity contribution in [2.75, 3.05) is 0 Å². The van der Waals surface area contributed by atoms with Gasteiger partial charge in [0.1, 0.15) is 0 Å². The lowest BCUT2D eigenvalue weighted by atomic mass is 10.2. The zero-order valence-electron chi connectivity index (χ0n) is 15.0. The van der Waals surface area contributed by atoms with Crippen molar-refractivity contribution >= 4 is 0 Å². The fourth-order valence-corrected chi connectivity index (χ4v) is 1.93. The molecule has 0 unspecified atom stereocenters. The van der Waals surface area contributed by atoms with Gasteiger partial charge in [-0.15, -0.1) is 0 Å². The smallest absolute Gasteiger partial charge is 0.0400 e. The summed E-state index contributed by atoms with van der Waals surface area (Å²) in [6.45, 7) is 6.38. The molecular weight excluding hydrogens is 316 g/mol. The van der Waals surface area contributed by atoms with Crippen molar-refractivity contribution in [3.8, 4) is 0 Å². The molecule has 0 aliphatic rings. The van der Waals surface area contributed by atoms with Crippen molar-refractivity contribution in [3.05, 3.63) is 96.1 Å². The molecule has 0 aliphatic carbocycles. The third-order valence-corrected chi connectivity index (χ3v) is 3.47. The Morgan fingerprint density at radius 1 is 0.615 bits per heavy atom. The van der Waals surface area contributed by atoms with E-state index in [9.17, 15) is 0 Å². The molecule has 1 aromatic carbocycles. The van der Waals surface area contributed by atoms with Gasteiger partial charge in [0.25, 0.3) is 0 Å². The van der Waals surface area contributed by atoms with Crippen LogP contribution in [0.5, 0.6) is 0 Å². The van der Waals surface area contributed by atoms with E-state index in [1.165, 1.54) is 11.1 Å². The van der Waals surface area contributed by atoms with Gasteiger partial charge in [-0.05, 0) is 48.6 Å². The van der Waals surface area contributed by atoms with Crippen LogP contribution in [0.25, 0.3) is 0 Å². The highest BCUT2D eigenvalue weighted by atomic mass is 14.7. The Labute approximate surface area is 161 Å². The summed E-state index contributed by atoms with van der Waals surface area (Å²) in [5.41, 5.74) is 3.87. The first-order valence-corrected chi connectivity index (χ1v) is 8.62. The molecule has 2 aromatic heterocycles. The van der Waals surface area contributed by atoms with Gasteiger partial charge in [-0.2, -0.15) is 0 Å². The molecule has 0 amide bonds. The Bertz CT molecular complexity index is 528. The van der Waals surface area contributed by atoms with E-state index < -0.39 is 0 Å². The van der Waals surface area contributed by atoms with Gasteiger partial charge in [-0.3, -0.25) is 9.97 Å². The first-order chi connectivity index (χ1) is 11.8. The minimum absolute atomic E-state index is 0. The van der Waals surface area contributed by atoms with E-state index in [0.29, 0.717) is 0 Å². The second kappa shape index (κ2) is 17.3. The zero-order valence-corrected chi connectivity index (χ0v) is 15.0. The molecule has 0 spiro atoms. The fourth-order valence-electron chi connectivity index (χ4n) is 1.93. The van der Waals surface area contributed by atoms with E-state index in [2.05, 4.69) is 61.1 Å². The quantitative estimate of drug-likeness (QED) is 0.517. The van der Waals surface area contributed by atoms with Crippen molar-refractivity contribution in [1.29, 1.82) is 0 Å². The van der Waals surface area contributed by atoms with Gasteiger partial charge in [0, 0.05) is 24.3 Å². The maximum Gasteiger partial charge on any atom is 0.0400 e. The van der Waals surface area contributed by atoms with Gasteiger partial charge in [-0.1, -0.05) is 78.1 Å². The van der Waals surface area contributed by atoms with Gasteiger partial charge >= 0.3 is 0 Å². The summed E-state index contributed by atoms with van der Waals surface area (Å²) in [5, 5.41) is 0. The lowest BCUT2D eigenvalue weighted by Crippen LogP contribution is -1.81. The molecule has 3 rings (SSSR count). The van der Waals surface area contributed by atoms with Crippen molar-refractivity contribution in [3.63, 3.8) is 0 Å². The standard InChI is InChI=1S/C8H10.2C7H9N.2CH4/c1-2-8-6-4-3-5-7-8;1-2-7-4-3-5-8-6-7;1-2-7-5-3-4-6-8-7;;/h3-7H,2H2,1H3;2*3-6H,2H2,1H3;2*1H4. The predicted molar refractivity (Wildman–Crippen MR) is 117 cm³/mol. The summed E-state index contributed by atoms with van der Waals surface area (Å²) >= 11 is 0.